The minimum atomic E-state index is -0.227. The van der Waals surface area contributed by atoms with Crippen molar-refractivity contribution < 1.29 is 5.11 Å². The summed E-state index contributed by atoms with van der Waals surface area (Å²) >= 11 is 6.05. The summed E-state index contributed by atoms with van der Waals surface area (Å²) < 4.78 is 0. The van der Waals surface area contributed by atoms with Crippen LogP contribution < -0.4 is 11.3 Å². The van der Waals surface area contributed by atoms with Crippen molar-refractivity contribution in [2.75, 3.05) is 18.5 Å². The number of rotatable bonds is 3. The maximum Gasteiger partial charge on any atom is 0.140 e. The largest absolute Gasteiger partial charge is 0.392 e. The molecule has 1 aliphatic rings. The molecule has 1 aliphatic heterocycles. The third-order valence-electron chi connectivity index (χ3n) is 2.69. The van der Waals surface area contributed by atoms with E-state index >= 15 is 0 Å². The number of hydrogen-bond donors (Lipinski definition) is 3. The fourth-order valence-corrected chi connectivity index (χ4v) is 2.01. The van der Waals surface area contributed by atoms with Crippen LogP contribution in [0.5, 0.6) is 0 Å². The molecule has 1 saturated heterocycles. The average Bonchev–Trinajstić information content (AvgIpc) is 2.67. The highest BCUT2D eigenvalue weighted by Crippen LogP contribution is 2.20. The van der Waals surface area contributed by atoms with Crippen LogP contribution in [0.1, 0.15) is 12.1 Å². The zero-order valence-electron chi connectivity index (χ0n) is 8.86. The maximum absolute atomic E-state index is 9.42. The van der Waals surface area contributed by atoms with Gasteiger partial charge in [-0.15, -0.1) is 0 Å². The van der Waals surface area contributed by atoms with Crippen molar-refractivity contribution in [3.8, 4) is 0 Å². The number of anilines is 1. The molecule has 5 nitrogen and oxygen atoms in total. The minimum absolute atomic E-state index is 0.227. The highest BCUT2D eigenvalue weighted by Gasteiger charge is 2.21. The fraction of sp³-hybridized carbons (Fsp3) is 0.500. The quantitative estimate of drug-likeness (QED) is 0.534. The first-order valence-electron chi connectivity index (χ1n) is 5.21. The molecular weight excluding hydrogens is 228 g/mol. The van der Waals surface area contributed by atoms with E-state index in [0.29, 0.717) is 23.9 Å². The lowest BCUT2D eigenvalue weighted by Gasteiger charge is -2.15. The number of halogens is 1. The van der Waals surface area contributed by atoms with E-state index in [-0.39, 0.29) is 6.10 Å². The van der Waals surface area contributed by atoms with Crippen molar-refractivity contribution in [2.45, 2.75) is 19.1 Å². The van der Waals surface area contributed by atoms with Crippen LogP contribution in [0.4, 0.5) is 5.82 Å². The second kappa shape index (κ2) is 4.97. The molecule has 1 atom stereocenters. The number of hydrazine groups is 1. The number of hydrogen-bond acceptors (Lipinski definition) is 5. The van der Waals surface area contributed by atoms with Gasteiger partial charge in [0.25, 0.3) is 0 Å². The molecule has 0 aliphatic carbocycles. The number of aromatic nitrogens is 1. The van der Waals surface area contributed by atoms with E-state index in [1.54, 1.807) is 12.1 Å². The number of nitrogens with one attached hydrogen (secondary N) is 1. The van der Waals surface area contributed by atoms with E-state index in [2.05, 4.69) is 15.3 Å². The summed E-state index contributed by atoms with van der Waals surface area (Å²) in [6, 6.07) is 3.50. The number of aliphatic hydroxyl groups excluding tert-OH is 1. The van der Waals surface area contributed by atoms with Gasteiger partial charge in [-0.25, -0.2) is 10.8 Å². The molecule has 2 rings (SSSR count). The molecule has 0 spiro atoms. The minimum Gasteiger partial charge on any atom is -0.392 e. The monoisotopic (exact) mass is 242 g/mol. The van der Waals surface area contributed by atoms with Gasteiger partial charge in [-0.2, -0.15) is 0 Å². The number of nitrogens with two attached hydrogens (primary N) is 1. The van der Waals surface area contributed by atoms with Crippen LogP contribution >= 0.6 is 11.6 Å². The summed E-state index contributed by atoms with van der Waals surface area (Å²) in [5.41, 5.74) is 3.27. The van der Waals surface area contributed by atoms with Gasteiger partial charge in [-0.1, -0.05) is 11.6 Å². The van der Waals surface area contributed by atoms with Crippen molar-refractivity contribution in [1.82, 2.24) is 9.88 Å². The molecule has 1 aromatic rings. The van der Waals surface area contributed by atoms with Gasteiger partial charge in [-0.3, -0.25) is 4.90 Å². The molecule has 1 unspecified atom stereocenters. The highest BCUT2D eigenvalue weighted by molar-refractivity contribution is 6.31. The lowest BCUT2D eigenvalue weighted by molar-refractivity contribution is 0.174. The molecule has 1 fully saturated rings. The SMILES string of the molecule is NNc1ccc(Cl)c(CN2CCC(O)C2)n1. The number of nitrogens with zero attached hydrogens (tertiary/aromatic N) is 2. The first-order valence-corrected chi connectivity index (χ1v) is 5.59. The zero-order chi connectivity index (χ0) is 11.5. The molecule has 2 heterocycles. The molecule has 0 radical (unpaired) electrons. The Kier molecular flexibility index (Phi) is 3.60. The Morgan fingerprint density at radius 2 is 2.44 bits per heavy atom. The fourth-order valence-electron chi connectivity index (χ4n) is 1.84. The second-order valence-electron chi connectivity index (χ2n) is 3.95. The Morgan fingerprint density at radius 3 is 3.06 bits per heavy atom. The van der Waals surface area contributed by atoms with E-state index in [0.717, 1.165) is 18.7 Å². The van der Waals surface area contributed by atoms with Crippen LogP contribution in [0.3, 0.4) is 0 Å². The Labute approximate surface area is 99.2 Å². The normalized spacial score (nSPS) is 21.3. The van der Waals surface area contributed by atoms with Crippen LogP contribution in [0.2, 0.25) is 5.02 Å². The Hall–Kier alpha value is -0.880. The lowest BCUT2D eigenvalue weighted by Crippen LogP contribution is -2.22. The summed E-state index contributed by atoms with van der Waals surface area (Å²) in [6.45, 7) is 2.20. The van der Waals surface area contributed by atoms with Crippen LogP contribution in [0.25, 0.3) is 0 Å². The summed E-state index contributed by atoms with van der Waals surface area (Å²) in [5, 5.41) is 10.0. The van der Waals surface area contributed by atoms with E-state index in [1.165, 1.54) is 0 Å². The maximum atomic E-state index is 9.42. The number of nitrogen functional groups attached to an aromatic ring is 1. The first kappa shape index (κ1) is 11.6. The molecule has 0 aromatic carbocycles. The Bertz CT molecular complexity index is 374. The van der Waals surface area contributed by atoms with Gasteiger partial charge in [0.2, 0.25) is 0 Å². The van der Waals surface area contributed by atoms with E-state index in [4.69, 9.17) is 17.4 Å². The smallest absolute Gasteiger partial charge is 0.140 e. The van der Waals surface area contributed by atoms with Gasteiger partial charge < -0.3 is 10.5 Å². The highest BCUT2D eigenvalue weighted by atomic mass is 35.5. The van der Waals surface area contributed by atoms with E-state index in [1.807, 2.05) is 0 Å². The molecule has 6 heteroatoms. The standard InChI is InChI=1S/C10H15ClN4O/c11-8-1-2-10(14-12)13-9(8)6-15-4-3-7(16)5-15/h1-2,7,16H,3-6,12H2,(H,13,14). The summed E-state index contributed by atoms with van der Waals surface area (Å²) in [7, 11) is 0. The van der Waals surface area contributed by atoms with Crippen molar-refractivity contribution in [2.24, 2.45) is 5.84 Å². The Balaban J connectivity index is 2.08. The third kappa shape index (κ3) is 2.62. The van der Waals surface area contributed by atoms with Gasteiger partial charge in [0.15, 0.2) is 0 Å². The predicted molar refractivity (Wildman–Crippen MR) is 63.0 cm³/mol. The predicted octanol–water partition coefficient (Wildman–Crippen LogP) is 0.587. The third-order valence-corrected chi connectivity index (χ3v) is 3.03. The molecular formula is C10H15ClN4O. The number of aliphatic hydroxyl groups is 1. The lowest BCUT2D eigenvalue weighted by atomic mass is 10.3. The van der Waals surface area contributed by atoms with Gasteiger partial charge >= 0.3 is 0 Å². The second-order valence-corrected chi connectivity index (χ2v) is 4.35. The van der Waals surface area contributed by atoms with Crippen molar-refractivity contribution in [3.63, 3.8) is 0 Å². The van der Waals surface area contributed by atoms with Crippen LogP contribution in [-0.4, -0.2) is 34.2 Å². The molecule has 1 aromatic heterocycles. The molecule has 0 saturated carbocycles. The van der Waals surface area contributed by atoms with Crippen molar-refractivity contribution in [3.05, 3.63) is 22.8 Å². The van der Waals surface area contributed by atoms with Crippen LogP contribution in [0.15, 0.2) is 12.1 Å². The first-order chi connectivity index (χ1) is 7.69. The van der Waals surface area contributed by atoms with E-state index < -0.39 is 0 Å². The van der Waals surface area contributed by atoms with Gasteiger partial charge in [0, 0.05) is 19.6 Å². The summed E-state index contributed by atoms with van der Waals surface area (Å²) in [6.07, 6.45) is 0.585. The topological polar surface area (TPSA) is 74.4 Å². The molecule has 0 amide bonds. The molecule has 4 N–H and O–H groups in total. The number of pyridine rings is 1. The van der Waals surface area contributed by atoms with E-state index in [9.17, 15) is 5.11 Å². The summed E-state index contributed by atoms with van der Waals surface area (Å²) in [4.78, 5) is 6.41. The van der Waals surface area contributed by atoms with Gasteiger partial charge in [0.1, 0.15) is 5.82 Å². The summed E-state index contributed by atoms with van der Waals surface area (Å²) in [5.74, 6) is 5.89. The van der Waals surface area contributed by atoms with Crippen molar-refractivity contribution >= 4 is 17.4 Å². The number of likely N-dealkylation sites (tertiary alicyclic amines) is 1. The molecule has 16 heavy (non-hydrogen) atoms. The number of β-amino-alcohol motifs (C(OH)–C–C–N with tert-alkyl or cyclic N) is 1. The average molecular weight is 243 g/mol. The zero-order valence-corrected chi connectivity index (χ0v) is 9.61. The Morgan fingerprint density at radius 1 is 1.62 bits per heavy atom. The van der Waals surface area contributed by atoms with Crippen molar-refractivity contribution in [1.29, 1.82) is 0 Å². The van der Waals surface area contributed by atoms with Gasteiger partial charge in [0.05, 0.1) is 16.8 Å². The van der Waals surface area contributed by atoms with Crippen LogP contribution in [-0.2, 0) is 6.54 Å². The molecule has 88 valence electrons. The molecule has 0 bridgehead atoms. The van der Waals surface area contributed by atoms with Gasteiger partial charge in [-0.05, 0) is 18.6 Å². The van der Waals surface area contributed by atoms with Crippen LogP contribution in [0, 0.1) is 0 Å².